The van der Waals surface area contributed by atoms with Crippen LogP contribution in [0.3, 0.4) is 0 Å². The number of carbonyl (C=O) groups is 2. The number of fused-ring (bicyclic) bond motifs is 12. The van der Waals surface area contributed by atoms with Crippen molar-refractivity contribution in [3.8, 4) is 0 Å². The van der Waals surface area contributed by atoms with Crippen LogP contribution in [-0.2, 0) is 23.8 Å². The van der Waals surface area contributed by atoms with Crippen LogP contribution in [0.25, 0.3) is 0 Å². The standard InChI is InChI=1S/C22H32O2.C21H28O3/c1-20-10-6-16(23)14-15(20)4-5-17-18(20)7-11-21(2)19(17)8-12-22(21)9-3-13-24-22;1-19-8-5-15(22)13-14(19)3-4-16-17(19)6-9-20(2)18(16)7-10-21(20)23-11-12-24-21/h7,15,17,19H,3-6,8-14H2,1-2H3;6,13,16,18H,3-5,7-12H2,1-2H3/t15-,17-,19+,20+,21+,22?;16-,18+,19+,20+/m11/s1. The third-order valence-electron chi connectivity index (χ3n) is 17.4. The molecule has 5 heteroatoms. The third kappa shape index (κ3) is 4.25. The molecule has 0 aromatic rings. The molecule has 2 aliphatic heterocycles. The fraction of sp³-hybridized carbons (Fsp3) is 0.814. The second kappa shape index (κ2) is 11.0. The minimum atomic E-state index is -0.334. The molecule has 0 aromatic heterocycles. The Hall–Kier alpha value is -1.56. The van der Waals surface area contributed by atoms with Gasteiger partial charge in [0.05, 0.1) is 18.8 Å². The van der Waals surface area contributed by atoms with E-state index in [9.17, 15) is 9.59 Å². The number of rotatable bonds is 0. The summed E-state index contributed by atoms with van der Waals surface area (Å²) >= 11 is 0. The first-order chi connectivity index (χ1) is 23.0. The Morgan fingerprint density at radius 2 is 1.40 bits per heavy atom. The summed E-state index contributed by atoms with van der Waals surface area (Å²) in [6.07, 6.45) is 26.2. The van der Waals surface area contributed by atoms with Gasteiger partial charge in [-0.05, 0) is 125 Å². The van der Waals surface area contributed by atoms with Crippen molar-refractivity contribution in [2.45, 2.75) is 148 Å². The van der Waals surface area contributed by atoms with Gasteiger partial charge < -0.3 is 14.2 Å². The quantitative estimate of drug-likeness (QED) is 0.243. The third-order valence-corrected chi connectivity index (χ3v) is 17.4. The van der Waals surface area contributed by atoms with Gasteiger partial charge in [0.1, 0.15) is 5.78 Å². The number of allylic oxidation sites excluding steroid dienone is 6. The first-order valence-electron chi connectivity index (χ1n) is 20.1. The van der Waals surface area contributed by atoms with Gasteiger partial charge in [0, 0.05) is 48.5 Å². The largest absolute Gasteiger partial charge is 0.374 e. The van der Waals surface area contributed by atoms with Crippen molar-refractivity contribution in [3.05, 3.63) is 34.9 Å². The van der Waals surface area contributed by atoms with Crippen LogP contribution < -0.4 is 0 Å². The minimum Gasteiger partial charge on any atom is -0.374 e. The molecule has 7 fully saturated rings. The van der Waals surface area contributed by atoms with Crippen LogP contribution in [0.5, 0.6) is 0 Å². The average Bonchev–Trinajstić information content (AvgIpc) is 3.87. The molecule has 5 nitrogen and oxygen atoms in total. The molecule has 10 atom stereocenters. The van der Waals surface area contributed by atoms with Crippen LogP contribution in [0.1, 0.15) is 137 Å². The lowest BCUT2D eigenvalue weighted by molar-refractivity contribution is -0.228. The molecule has 1 unspecified atom stereocenters. The van der Waals surface area contributed by atoms with Crippen molar-refractivity contribution >= 4 is 11.6 Å². The minimum absolute atomic E-state index is 0.111. The lowest BCUT2D eigenvalue weighted by Crippen LogP contribution is -2.52. The highest BCUT2D eigenvalue weighted by atomic mass is 16.7. The van der Waals surface area contributed by atoms with Crippen LogP contribution in [0.15, 0.2) is 34.9 Å². The van der Waals surface area contributed by atoms with E-state index in [0.717, 1.165) is 76.6 Å². The first kappa shape index (κ1) is 32.4. The van der Waals surface area contributed by atoms with Gasteiger partial charge in [-0.15, -0.1) is 0 Å². The predicted octanol–water partition coefficient (Wildman–Crippen LogP) is 9.25. The number of hydrogen-bond acceptors (Lipinski definition) is 5. The molecule has 0 aromatic carbocycles. The van der Waals surface area contributed by atoms with Crippen LogP contribution in [0.2, 0.25) is 0 Å². The summed E-state index contributed by atoms with van der Waals surface area (Å²) in [6, 6.07) is 0. The highest BCUT2D eigenvalue weighted by molar-refractivity contribution is 5.92. The van der Waals surface area contributed by atoms with E-state index in [1.54, 1.807) is 11.1 Å². The highest BCUT2D eigenvalue weighted by Crippen LogP contribution is 2.69. The van der Waals surface area contributed by atoms with Gasteiger partial charge in [0.2, 0.25) is 0 Å². The second-order valence-electron chi connectivity index (χ2n) is 18.9. The topological polar surface area (TPSA) is 61.8 Å². The van der Waals surface area contributed by atoms with E-state index in [2.05, 4.69) is 39.8 Å². The van der Waals surface area contributed by atoms with Crippen molar-refractivity contribution in [1.82, 2.24) is 0 Å². The number of carbonyl (C=O) groups excluding carboxylic acids is 2. The van der Waals surface area contributed by atoms with Gasteiger partial charge in [0.15, 0.2) is 11.6 Å². The second-order valence-corrected chi connectivity index (χ2v) is 18.9. The number of Topliss-reactive ketones (excluding diaryl/α,β-unsaturated/α-hetero) is 1. The average molecular weight is 657 g/mol. The highest BCUT2D eigenvalue weighted by Gasteiger charge is 2.66. The van der Waals surface area contributed by atoms with Crippen molar-refractivity contribution < 1.29 is 23.8 Å². The van der Waals surface area contributed by atoms with E-state index in [1.807, 2.05) is 6.08 Å². The molecule has 262 valence electrons. The van der Waals surface area contributed by atoms with Gasteiger partial charge in [0.25, 0.3) is 0 Å². The summed E-state index contributed by atoms with van der Waals surface area (Å²) in [5.41, 5.74) is 5.86. The molecule has 2 saturated heterocycles. The Balaban J connectivity index is 0.000000131. The molecule has 2 heterocycles. The van der Waals surface area contributed by atoms with E-state index in [1.165, 1.54) is 63.4 Å². The van der Waals surface area contributed by atoms with Crippen molar-refractivity contribution in [2.24, 2.45) is 51.2 Å². The fourth-order valence-corrected chi connectivity index (χ4v) is 14.5. The molecule has 10 rings (SSSR count). The monoisotopic (exact) mass is 656 g/mol. The molecule has 48 heavy (non-hydrogen) atoms. The maximum atomic E-state index is 12.0. The van der Waals surface area contributed by atoms with E-state index >= 15 is 0 Å². The molecule has 5 saturated carbocycles. The molecular weight excluding hydrogens is 596 g/mol. The Morgan fingerprint density at radius 1 is 0.667 bits per heavy atom. The maximum Gasteiger partial charge on any atom is 0.174 e. The Morgan fingerprint density at radius 3 is 2.19 bits per heavy atom. The van der Waals surface area contributed by atoms with E-state index < -0.39 is 0 Å². The van der Waals surface area contributed by atoms with Gasteiger partial charge in [-0.1, -0.05) is 56.6 Å². The smallest absolute Gasteiger partial charge is 0.174 e. The summed E-state index contributed by atoms with van der Waals surface area (Å²) in [5.74, 6) is 4.00. The first-order valence-corrected chi connectivity index (χ1v) is 20.1. The van der Waals surface area contributed by atoms with E-state index in [-0.39, 0.29) is 22.2 Å². The number of hydrogen-bond donors (Lipinski definition) is 0. The van der Waals surface area contributed by atoms with Crippen molar-refractivity contribution in [1.29, 1.82) is 0 Å². The molecule has 0 bridgehead atoms. The van der Waals surface area contributed by atoms with Gasteiger partial charge in [-0.3, -0.25) is 9.59 Å². The SMILES string of the molecule is C[C@]12CC=C3[C@@H](CC[C@@H]4CC(=O)CC[C@]34C)[C@@H]1CCC21CCCO1.C[C@]12CCC(=O)C=C1CC[C@@H]1C2=CC[C@@]2(C)[C@H]1CCC21OCCO1. The van der Waals surface area contributed by atoms with Crippen molar-refractivity contribution in [2.75, 3.05) is 19.8 Å². The Bertz CT molecular complexity index is 1470. The van der Waals surface area contributed by atoms with Crippen LogP contribution in [0, 0.1) is 51.2 Å². The number of ether oxygens (including phenoxy) is 3. The van der Waals surface area contributed by atoms with Crippen LogP contribution in [0.4, 0.5) is 0 Å². The predicted molar refractivity (Wildman–Crippen MR) is 186 cm³/mol. The molecule has 0 amide bonds. The summed E-state index contributed by atoms with van der Waals surface area (Å²) in [7, 11) is 0. The van der Waals surface area contributed by atoms with Crippen LogP contribution >= 0.6 is 0 Å². The number of ketones is 2. The Labute approximate surface area is 289 Å². The van der Waals surface area contributed by atoms with E-state index in [4.69, 9.17) is 14.2 Å². The summed E-state index contributed by atoms with van der Waals surface area (Å²) in [4.78, 5) is 23.9. The van der Waals surface area contributed by atoms with E-state index in [0.29, 0.717) is 46.6 Å². The summed E-state index contributed by atoms with van der Waals surface area (Å²) < 4.78 is 18.8. The zero-order valence-corrected chi connectivity index (χ0v) is 30.3. The van der Waals surface area contributed by atoms with Gasteiger partial charge in [-0.2, -0.15) is 0 Å². The lowest BCUT2D eigenvalue weighted by atomic mass is 9.48. The van der Waals surface area contributed by atoms with Gasteiger partial charge >= 0.3 is 0 Å². The summed E-state index contributed by atoms with van der Waals surface area (Å²) in [6.45, 7) is 12.3. The lowest BCUT2D eigenvalue weighted by Gasteiger charge is -2.57. The molecule has 0 radical (unpaired) electrons. The van der Waals surface area contributed by atoms with Crippen LogP contribution in [-0.4, -0.2) is 42.8 Å². The van der Waals surface area contributed by atoms with Gasteiger partial charge in [-0.25, -0.2) is 0 Å². The Kier molecular flexibility index (Phi) is 7.40. The molecule has 10 aliphatic rings. The molecule has 2 spiro atoms. The molecule has 8 aliphatic carbocycles. The zero-order valence-electron chi connectivity index (χ0n) is 30.3. The normalized spacial score (nSPS) is 49.8. The van der Waals surface area contributed by atoms with Crippen molar-refractivity contribution in [3.63, 3.8) is 0 Å². The molecule has 0 N–H and O–H groups in total. The fourth-order valence-electron chi connectivity index (χ4n) is 14.5. The molecular formula is C43H60O5. The summed E-state index contributed by atoms with van der Waals surface area (Å²) in [5, 5.41) is 0. The zero-order chi connectivity index (χ0) is 33.2. The maximum absolute atomic E-state index is 12.0.